The maximum Gasteiger partial charge on any atom is 0.0361 e. The van der Waals surface area contributed by atoms with Gasteiger partial charge in [0, 0.05) is 18.5 Å². The Morgan fingerprint density at radius 2 is 1.00 bits per heavy atom. The molecule has 0 radical (unpaired) electrons. The van der Waals surface area contributed by atoms with Crippen molar-refractivity contribution in [2.45, 2.75) is 51.9 Å². The van der Waals surface area contributed by atoms with Crippen molar-refractivity contribution in [3.63, 3.8) is 0 Å². The molecule has 0 bridgehead atoms. The third-order valence-corrected chi connectivity index (χ3v) is 3.81. The minimum atomic E-state index is -0.863. The molecule has 0 saturated carbocycles. The van der Waals surface area contributed by atoms with Crippen LogP contribution < -0.4 is 0 Å². The first-order chi connectivity index (χ1) is 4.15. The lowest BCUT2D eigenvalue weighted by atomic mass is 10.2. The summed E-state index contributed by atoms with van der Waals surface area (Å²) in [5.41, 5.74) is 0. The third-order valence-electron chi connectivity index (χ3n) is 1.27. The molecule has 0 amide bonds. The molecule has 0 aromatic carbocycles. The standard InChI is InChI=1S/C8H19OP/c1-7(2,3)10(9)8(4,5)6/h9H,1-6H3. The Labute approximate surface area is 65.7 Å². The predicted octanol–water partition coefficient (Wildman–Crippen LogP) is 2.97. The fourth-order valence-electron chi connectivity index (χ4n) is 1.01. The normalized spacial score (nSPS) is 14.4. The van der Waals surface area contributed by atoms with Crippen LogP contribution in [0.5, 0.6) is 0 Å². The maximum absolute atomic E-state index is 9.79. The molecule has 0 atom stereocenters. The largest absolute Gasteiger partial charge is 0.373 e. The van der Waals surface area contributed by atoms with Crippen LogP contribution in [0.25, 0.3) is 0 Å². The van der Waals surface area contributed by atoms with Gasteiger partial charge >= 0.3 is 0 Å². The lowest BCUT2D eigenvalue weighted by Crippen LogP contribution is -2.24. The summed E-state index contributed by atoms with van der Waals surface area (Å²) >= 11 is 0. The fraction of sp³-hybridized carbons (Fsp3) is 1.00. The topological polar surface area (TPSA) is 20.2 Å². The average molecular weight is 162 g/mol. The first-order valence-corrected chi connectivity index (χ1v) is 4.94. The highest BCUT2D eigenvalue weighted by Gasteiger charge is 2.32. The molecule has 0 rings (SSSR count). The Bertz CT molecular complexity index is 93.4. The van der Waals surface area contributed by atoms with Crippen molar-refractivity contribution in [2.24, 2.45) is 0 Å². The zero-order chi connectivity index (χ0) is 8.58. The molecular formula is C8H19OP. The average Bonchev–Trinajstić information content (AvgIpc) is 1.59. The molecule has 0 aliphatic carbocycles. The van der Waals surface area contributed by atoms with Crippen molar-refractivity contribution in [3.8, 4) is 0 Å². The van der Waals surface area contributed by atoms with Crippen molar-refractivity contribution in [3.05, 3.63) is 0 Å². The van der Waals surface area contributed by atoms with E-state index in [4.69, 9.17) is 0 Å². The molecule has 0 aromatic heterocycles. The van der Waals surface area contributed by atoms with Crippen molar-refractivity contribution >= 4 is 8.15 Å². The molecule has 0 saturated heterocycles. The molecule has 62 valence electrons. The van der Waals surface area contributed by atoms with Crippen LogP contribution in [-0.4, -0.2) is 15.2 Å². The zero-order valence-corrected chi connectivity index (χ0v) is 8.79. The Morgan fingerprint density at radius 3 is 1.00 bits per heavy atom. The van der Waals surface area contributed by atoms with Gasteiger partial charge in [-0.15, -0.1) is 0 Å². The molecule has 0 aliphatic rings. The first kappa shape index (κ1) is 10.4. The van der Waals surface area contributed by atoms with E-state index in [0.29, 0.717) is 0 Å². The summed E-state index contributed by atoms with van der Waals surface area (Å²) in [4.78, 5) is 9.79. The fourth-order valence-corrected chi connectivity index (χ4v) is 3.02. The van der Waals surface area contributed by atoms with Crippen LogP contribution in [0.2, 0.25) is 0 Å². The van der Waals surface area contributed by atoms with E-state index in [1.807, 2.05) is 0 Å². The van der Waals surface area contributed by atoms with Gasteiger partial charge in [-0.2, -0.15) is 0 Å². The second-order valence-corrected chi connectivity index (χ2v) is 7.96. The molecule has 10 heavy (non-hydrogen) atoms. The number of rotatable bonds is 0. The van der Waals surface area contributed by atoms with E-state index in [1.165, 1.54) is 0 Å². The van der Waals surface area contributed by atoms with Crippen LogP contribution in [0, 0.1) is 0 Å². The highest BCUT2D eigenvalue weighted by molar-refractivity contribution is 7.54. The minimum absolute atomic E-state index is 0.0631. The van der Waals surface area contributed by atoms with Gasteiger partial charge in [0.2, 0.25) is 0 Å². The lowest BCUT2D eigenvalue weighted by Gasteiger charge is -2.35. The van der Waals surface area contributed by atoms with E-state index in [0.717, 1.165) is 0 Å². The third kappa shape index (κ3) is 2.98. The van der Waals surface area contributed by atoms with Gasteiger partial charge in [-0.05, 0) is 0 Å². The molecule has 2 heteroatoms. The van der Waals surface area contributed by atoms with Crippen LogP contribution >= 0.6 is 8.15 Å². The van der Waals surface area contributed by atoms with E-state index in [2.05, 4.69) is 41.5 Å². The maximum atomic E-state index is 9.79. The molecule has 0 unspecified atom stereocenters. The first-order valence-electron chi connectivity index (χ1n) is 3.65. The number of hydrogen-bond donors (Lipinski definition) is 1. The highest BCUT2D eigenvalue weighted by atomic mass is 31.1. The number of hydrogen-bond acceptors (Lipinski definition) is 1. The van der Waals surface area contributed by atoms with Crippen LogP contribution in [0.4, 0.5) is 0 Å². The van der Waals surface area contributed by atoms with Crippen molar-refractivity contribution in [2.75, 3.05) is 0 Å². The van der Waals surface area contributed by atoms with Crippen LogP contribution in [0.1, 0.15) is 41.5 Å². The highest BCUT2D eigenvalue weighted by Crippen LogP contribution is 2.55. The van der Waals surface area contributed by atoms with E-state index >= 15 is 0 Å². The van der Waals surface area contributed by atoms with Gasteiger partial charge in [0.15, 0.2) is 0 Å². The molecule has 0 aliphatic heterocycles. The van der Waals surface area contributed by atoms with E-state index in [9.17, 15) is 4.89 Å². The minimum Gasteiger partial charge on any atom is -0.373 e. The van der Waals surface area contributed by atoms with Crippen molar-refractivity contribution in [1.82, 2.24) is 0 Å². The molecular weight excluding hydrogens is 143 g/mol. The lowest BCUT2D eigenvalue weighted by molar-refractivity contribution is 0.533. The van der Waals surface area contributed by atoms with E-state index in [-0.39, 0.29) is 10.3 Å². The quantitative estimate of drug-likeness (QED) is 0.543. The Balaban J connectivity index is 4.23. The van der Waals surface area contributed by atoms with Crippen LogP contribution in [0.3, 0.4) is 0 Å². The van der Waals surface area contributed by atoms with Gasteiger partial charge in [0.25, 0.3) is 0 Å². The second-order valence-electron chi connectivity index (χ2n) is 4.65. The van der Waals surface area contributed by atoms with E-state index in [1.54, 1.807) is 0 Å². The Kier molecular flexibility index (Phi) is 2.90. The summed E-state index contributed by atoms with van der Waals surface area (Å²) < 4.78 is 0. The molecule has 1 nitrogen and oxygen atoms in total. The zero-order valence-electron chi connectivity index (χ0n) is 7.89. The van der Waals surface area contributed by atoms with Gasteiger partial charge < -0.3 is 4.89 Å². The Hall–Kier alpha value is 0.390. The summed E-state index contributed by atoms with van der Waals surface area (Å²) in [7, 11) is -0.863. The van der Waals surface area contributed by atoms with Gasteiger partial charge in [0.1, 0.15) is 0 Å². The van der Waals surface area contributed by atoms with Crippen LogP contribution in [-0.2, 0) is 0 Å². The van der Waals surface area contributed by atoms with Gasteiger partial charge in [-0.25, -0.2) is 0 Å². The molecule has 0 aromatic rings. The van der Waals surface area contributed by atoms with Gasteiger partial charge in [0.05, 0.1) is 0 Å². The van der Waals surface area contributed by atoms with Crippen LogP contribution in [0.15, 0.2) is 0 Å². The smallest absolute Gasteiger partial charge is 0.0361 e. The SMILES string of the molecule is CC(C)(C)P(O)C(C)(C)C. The van der Waals surface area contributed by atoms with Crippen molar-refractivity contribution in [1.29, 1.82) is 0 Å². The molecule has 0 heterocycles. The molecule has 1 N–H and O–H groups in total. The Morgan fingerprint density at radius 1 is 0.800 bits per heavy atom. The van der Waals surface area contributed by atoms with Crippen molar-refractivity contribution < 1.29 is 4.89 Å². The predicted molar refractivity (Wildman–Crippen MR) is 48.6 cm³/mol. The molecule has 0 fully saturated rings. The second kappa shape index (κ2) is 2.79. The van der Waals surface area contributed by atoms with Gasteiger partial charge in [-0.3, -0.25) is 0 Å². The molecule has 0 spiro atoms. The van der Waals surface area contributed by atoms with Gasteiger partial charge in [-0.1, -0.05) is 41.5 Å². The summed E-state index contributed by atoms with van der Waals surface area (Å²) in [5.74, 6) is 0. The van der Waals surface area contributed by atoms with E-state index < -0.39 is 8.15 Å². The summed E-state index contributed by atoms with van der Waals surface area (Å²) in [6.45, 7) is 12.5. The monoisotopic (exact) mass is 162 g/mol. The summed E-state index contributed by atoms with van der Waals surface area (Å²) in [6, 6.07) is 0. The summed E-state index contributed by atoms with van der Waals surface area (Å²) in [6.07, 6.45) is 0. The summed E-state index contributed by atoms with van der Waals surface area (Å²) in [5, 5.41) is 0.126.